The number of benzene rings is 1. The second kappa shape index (κ2) is 7.19. The molecular formula is C18H26N2S. The summed E-state index contributed by atoms with van der Waals surface area (Å²) >= 11 is 1.82. The fourth-order valence-electron chi connectivity index (χ4n) is 2.24. The van der Waals surface area contributed by atoms with Crippen LogP contribution < -0.4 is 5.32 Å². The average Bonchev–Trinajstić information content (AvgIpc) is 2.89. The van der Waals surface area contributed by atoms with Crippen LogP contribution in [0.4, 0.5) is 0 Å². The van der Waals surface area contributed by atoms with Gasteiger partial charge in [0.1, 0.15) is 5.01 Å². The Morgan fingerprint density at radius 2 is 1.76 bits per heavy atom. The van der Waals surface area contributed by atoms with E-state index in [1.165, 1.54) is 21.7 Å². The molecule has 0 amide bonds. The van der Waals surface area contributed by atoms with Gasteiger partial charge in [-0.25, -0.2) is 4.98 Å². The lowest BCUT2D eigenvalue weighted by Gasteiger charge is -2.09. The van der Waals surface area contributed by atoms with Gasteiger partial charge in [-0.3, -0.25) is 0 Å². The van der Waals surface area contributed by atoms with E-state index in [-0.39, 0.29) is 0 Å². The Bertz CT molecular complexity index is 567. The molecule has 0 unspecified atom stereocenters. The van der Waals surface area contributed by atoms with Crippen molar-refractivity contribution in [2.45, 2.75) is 59.5 Å². The van der Waals surface area contributed by atoms with Crippen molar-refractivity contribution in [3.05, 3.63) is 40.4 Å². The van der Waals surface area contributed by atoms with Crippen LogP contribution in [-0.2, 0) is 13.0 Å². The lowest BCUT2D eigenvalue weighted by molar-refractivity contribution is 0.588. The SMILES string of the molecule is CCc1ccc(-c2nc(C(C)C)c(CNC(C)C)s2)cc1. The van der Waals surface area contributed by atoms with Crippen LogP contribution in [0.3, 0.4) is 0 Å². The van der Waals surface area contributed by atoms with Gasteiger partial charge in [-0.2, -0.15) is 0 Å². The lowest BCUT2D eigenvalue weighted by Crippen LogP contribution is -2.22. The van der Waals surface area contributed by atoms with E-state index in [2.05, 4.69) is 64.2 Å². The van der Waals surface area contributed by atoms with Gasteiger partial charge in [-0.1, -0.05) is 58.9 Å². The Labute approximate surface area is 132 Å². The Balaban J connectivity index is 2.28. The molecule has 0 radical (unpaired) electrons. The van der Waals surface area contributed by atoms with Crippen LogP contribution >= 0.6 is 11.3 Å². The van der Waals surface area contributed by atoms with E-state index >= 15 is 0 Å². The average molecular weight is 302 g/mol. The number of aromatic nitrogens is 1. The Hall–Kier alpha value is -1.19. The molecule has 3 heteroatoms. The monoisotopic (exact) mass is 302 g/mol. The van der Waals surface area contributed by atoms with Crippen LogP contribution in [0.15, 0.2) is 24.3 Å². The van der Waals surface area contributed by atoms with Gasteiger partial charge in [-0.15, -0.1) is 11.3 Å². The zero-order chi connectivity index (χ0) is 15.4. The quantitative estimate of drug-likeness (QED) is 0.812. The van der Waals surface area contributed by atoms with Crippen LogP contribution in [0.1, 0.15) is 56.7 Å². The smallest absolute Gasteiger partial charge is 0.123 e. The maximum atomic E-state index is 4.89. The van der Waals surface area contributed by atoms with Crippen molar-refractivity contribution in [3.8, 4) is 10.6 Å². The number of nitrogens with one attached hydrogen (secondary N) is 1. The molecule has 1 N–H and O–H groups in total. The summed E-state index contributed by atoms with van der Waals surface area (Å²) in [6.07, 6.45) is 1.08. The number of hydrogen-bond acceptors (Lipinski definition) is 3. The van der Waals surface area contributed by atoms with Gasteiger partial charge < -0.3 is 5.32 Å². The summed E-state index contributed by atoms with van der Waals surface area (Å²) in [6.45, 7) is 11.9. The molecule has 1 aromatic heterocycles. The molecule has 0 fully saturated rings. The summed E-state index contributed by atoms with van der Waals surface area (Å²) in [5.74, 6) is 0.467. The highest BCUT2D eigenvalue weighted by Gasteiger charge is 2.15. The third kappa shape index (κ3) is 4.14. The van der Waals surface area contributed by atoms with Crippen molar-refractivity contribution in [2.24, 2.45) is 0 Å². The Morgan fingerprint density at radius 3 is 2.29 bits per heavy atom. The van der Waals surface area contributed by atoms with Crippen LogP contribution in [0.25, 0.3) is 10.6 Å². The fraction of sp³-hybridized carbons (Fsp3) is 0.500. The van der Waals surface area contributed by atoms with E-state index in [4.69, 9.17) is 4.98 Å². The number of nitrogens with zero attached hydrogens (tertiary/aromatic N) is 1. The van der Waals surface area contributed by atoms with Gasteiger partial charge in [0.2, 0.25) is 0 Å². The van der Waals surface area contributed by atoms with Crippen molar-refractivity contribution < 1.29 is 0 Å². The Kier molecular flexibility index (Phi) is 5.54. The first-order chi connectivity index (χ1) is 10.0. The van der Waals surface area contributed by atoms with Crippen molar-refractivity contribution >= 4 is 11.3 Å². The van der Waals surface area contributed by atoms with Gasteiger partial charge in [0, 0.05) is 23.0 Å². The van der Waals surface area contributed by atoms with Crippen molar-refractivity contribution in [1.29, 1.82) is 0 Å². The fourth-order valence-corrected chi connectivity index (χ4v) is 3.42. The number of aryl methyl sites for hydroxylation is 1. The summed E-state index contributed by atoms with van der Waals surface area (Å²) in [5, 5.41) is 4.65. The van der Waals surface area contributed by atoms with E-state index in [1.807, 2.05) is 11.3 Å². The molecule has 1 aromatic carbocycles. The molecule has 21 heavy (non-hydrogen) atoms. The molecule has 1 heterocycles. The molecule has 0 atom stereocenters. The van der Waals surface area contributed by atoms with Crippen molar-refractivity contribution in [1.82, 2.24) is 10.3 Å². The molecule has 0 aliphatic rings. The molecule has 0 aliphatic carbocycles. The standard InChI is InChI=1S/C18H26N2S/c1-6-14-7-9-15(10-8-14)18-20-17(12(2)3)16(21-18)11-19-13(4)5/h7-10,12-13,19H,6,11H2,1-5H3. The first-order valence-corrected chi connectivity index (χ1v) is 8.65. The molecule has 0 bridgehead atoms. The highest BCUT2D eigenvalue weighted by Crippen LogP contribution is 2.32. The third-order valence-electron chi connectivity index (χ3n) is 3.55. The first-order valence-electron chi connectivity index (χ1n) is 7.83. The summed E-state index contributed by atoms with van der Waals surface area (Å²) in [4.78, 5) is 6.26. The molecule has 2 nitrogen and oxygen atoms in total. The second-order valence-electron chi connectivity index (χ2n) is 6.07. The van der Waals surface area contributed by atoms with E-state index in [0.717, 1.165) is 18.0 Å². The number of rotatable bonds is 6. The maximum Gasteiger partial charge on any atom is 0.123 e. The molecule has 114 valence electrons. The summed E-state index contributed by atoms with van der Waals surface area (Å²) in [7, 11) is 0. The molecule has 0 saturated heterocycles. The van der Waals surface area contributed by atoms with E-state index in [0.29, 0.717) is 12.0 Å². The lowest BCUT2D eigenvalue weighted by atomic mass is 10.1. The van der Waals surface area contributed by atoms with Crippen LogP contribution in [-0.4, -0.2) is 11.0 Å². The summed E-state index contributed by atoms with van der Waals surface area (Å²) in [6, 6.07) is 9.30. The van der Waals surface area contributed by atoms with Gasteiger partial charge in [0.25, 0.3) is 0 Å². The second-order valence-corrected chi connectivity index (χ2v) is 7.15. The highest BCUT2D eigenvalue weighted by atomic mass is 32.1. The molecule has 0 saturated carbocycles. The molecular weight excluding hydrogens is 276 g/mol. The predicted molar refractivity (Wildman–Crippen MR) is 93.0 cm³/mol. The molecule has 2 aromatic rings. The minimum atomic E-state index is 0.467. The third-order valence-corrected chi connectivity index (χ3v) is 4.67. The van der Waals surface area contributed by atoms with Gasteiger partial charge in [0.15, 0.2) is 0 Å². The predicted octanol–water partition coefficient (Wildman–Crippen LogP) is 4.99. The zero-order valence-corrected chi connectivity index (χ0v) is 14.6. The van der Waals surface area contributed by atoms with Crippen LogP contribution in [0.5, 0.6) is 0 Å². The molecule has 0 aliphatic heterocycles. The molecule has 0 spiro atoms. The van der Waals surface area contributed by atoms with Crippen LogP contribution in [0.2, 0.25) is 0 Å². The number of thiazole rings is 1. The van der Waals surface area contributed by atoms with Gasteiger partial charge >= 0.3 is 0 Å². The largest absolute Gasteiger partial charge is 0.310 e. The van der Waals surface area contributed by atoms with Crippen molar-refractivity contribution in [2.75, 3.05) is 0 Å². The zero-order valence-electron chi connectivity index (χ0n) is 13.7. The maximum absolute atomic E-state index is 4.89. The molecule has 2 rings (SSSR count). The minimum absolute atomic E-state index is 0.467. The van der Waals surface area contributed by atoms with Crippen LogP contribution in [0, 0.1) is 0 Å². The first kappa shape index (κ1) is 16.2. The minimum Gasteiger partial charge on any atom is -0.310 e. The normalized spacial score (nSPS) is 11.6. The summed E-state index contributed by atoms with van der Waals surface area (Å²) < 4.78 is 0. The van der Waals surface area contributed by atoms with Crippen molar-refractivity contribution in [3.63, 3.8) is 0 Å². The highest BCUT2D eigenvalue weighted by molar-refractivity contribution is 7.15. The number of hydrogen-bond donors (Lipinski definition) is 1. The van der Waals surface area contributed by atoms with Gasteiger partial charge in [0.05, 0.1) is 5.69 Å². The van der Waals surface area contributed by atoms with E-state index in [1.54, 1.807) is 0 Å². The van der Waals surface area contributed by atoms with Gasteiger partial charge in [-0.05, 0) is 17.9 Å². The summed E-state index contributed by atoms with van der Waals surface area (Å²) in [5.41, 5.74) is 3.85. The van der Waals surface area contributed by atoms with E-state index in [9.17, 15) is 0 Å². The Morgan fingerprint density at radius 1 is 1.10 bits per heavy atom. The van der Waals surface area contributed by atoms with E-state index < -0.39 is 0 Å². The topological polar surface area (TPSA) is 24.9 Å².